The van der Waals surface area contributed by atoms with E-state index in [1.807, 2.05) is 19.9 Å². The van der Waals surface area contributed by atoms with Crippen molar-refractivity contribution >= 4 is 5.91 Å². The number of nitrogens with zero attached hydrogens (tertiary/aromatic N) is 1. The van der Waals surface area contributed by atoms with Gasteiger partial charge < -0.3 is 10.6 Å². The highest BCUT2D eigenvalue weighted by Gasteiger charge is 2.20. The van der Waals surface area contributed by atoms with Crippen LogP contribution in [-0.2, 0) is 4.79 Å². The lowest BCUT2D eigenvalue weighted by Crippen LogP contribution is -2.50. The van der Waals surface area contributed by atoms with E-state index in [1.54, 1.807) is 0 Å². The van der Waals surface area contributed by atoms with Gasteiger partial charge in [0.15, 0.2) is 5.82 Å². The number of nitrogens with one attached hydrogen (secondary N) is 2. The van der Waals surface area contributed by atoms with Gasteiger partial charge in [0.05, 0.1) is 21.1 Å². The van der Waals surface area contributed by atoms with Gasteiger partial charge in [-0.2, -0.15) is 0 Å². The van der Waals surface area contributed by atoms with Gasteiger partial charge in [0.1, 0.15) is 6.17 Å². The number of hydrogen-bond donors (Lipinski definition) is 2. The maximum Gasteiger partial charge on any atom is 0.248 e. The number of amides is 1. The number of carbonyl (C=O) groups excluding carboxylic acids is 1. The van der Waals surface area contributed by atoms with E-state index in [2.05, 4.69) is 51.7 Å². The summed E-state index contributed by atoms with van der Waals surface area (Å²) in [5, 5.41) is 6.44. The molecule has 0 fully saturated rings. The SMILES string of the molecule is C/C=C(\C)C(=O)NC(CC)N/C(=C\CC)[N+](C)(C)C. The Morgan fingerprint density at radius 3 is 2.16 bits per heavy atom. The first-order chi connectivity index (χ1) is 8.76. The summed E-state index contributed by atoms with van der Waals surface area (Å²) >= 11 is 0. The van der Waals surface area contributed by atoms with Gasteiger partial charge in [-0.1, -0.05) is 19.9 Å². The van der Waals surface area contributed by atoms with Gasteiger partial charge in [-0.15, -0.1) is 0 Å². The quantitative estimate of drug-likeness (QED) is 0.423. The van der Waals surface area contributed by atoms with Gasteiger partial charge >= 0.3 is 0 Å². The maximum atomic E-state index is 11.9. The minimum atomic E-state index is -0.0439. The maximum absolute atomic E-state index is 11.9. The van der Waals surface area contributed by atoms with Gasteiger partial charge in [-0.05, 0) is 32.8 Å². The van der Waals surface area contributed by atoms with Crippen molar-refractivity contribution < 1.29 is 9.28 Å². The van der Waals surface area contributed by atoms with E-state index in [9.17, 15) is 4.79 Å². The lowest BCUT2D eigenvalue weighted by Gasteiger charge is -2.30. The van der Waals surface area contributed by atoms with Crippen LogP contribution in [0, 0.1) is 0 Å². The molecule has 19 heavy (non-hydrogen) atoms. The molecule has 0 aromatic rings. The van der Waals surface area contributed by atoms with E-state index >= 15 is 0 Å². The Kier molecular flexibility index (Phi) is 7.45. The zero-order valence-corrected chi connectivity index (χ0v) is 13.5. The monoisotopic (exact) mass is 268 g/mol. The lowest BCUT2D eigenvalue weighted by atomic mass is 10.2. The van der Waals surface area contributed by atoms with Crippen molar-refractivity contribution in [2.75, 3.05) is 21.1 Å². The van der Waals surface area contributed by atoms with E-state index in [0.29, 0.717) is 4.48 Å². The average molecular weight is 268 g/mol. The second kappa shape index (κ2) is 8.00. The van der Waals surface area contributed by atoms with Crippen LogP contribution in [-0.4, -0.2) is 37.7 Å². The summed E-state index contributed by atoms with van der Waals surface area (Å²) < 4.78 is 0.711. The average Bonchev–Trinajstić information content (AvgIpc) is 2.34. The molecule has 1 atom stereocenters. The highest BCUT2D eigenvalue weighted by atomic mass is 16.1. The van der Waals surface area contributed by atoms with Gasteiger partial charge in [0.25, 0.3) is 0 Å². The number of allylic oxidation sites excluding steroid dienone is 2. The molecule has 0 spiro atoms. The fraction of sp³-hybridized carbons (Fsp3) is 0.667. The van der Waals surface area contributed by atoms with Crippen molar-refractivity contribution in [3.63, 3.8) is 0 Å². The molecule has 110 valence electrons. The molecule has 0 aliphatic heterocycles. The molecule has 0 heterocycles. The molecule has 2 N–H and O–H groups in total. The van der Waals surface area contributed by atoms with Crippen LogP contribution in [0.4, 0.5) is 0 Å². The van der Waals surface area contributed by atoms with Crippen molar-refractivity contribution in [3.8, 4) is 0 Å². The third-order valence-electron chi connectivity index (χ3n) is 2.95. The highest BCUT2D eigenvalue weighted by Crippen LogP contribution is 2.07. The van der Waals surface area contributed by atoms with Gasteiger partial charge in [0.2, 0.25) is 5.91 Å². The molecule has 0 saturated heterocycles. The van der Waals surface area contributed by atoms with E-state index in [-0.39, 0.29) is 12.1 Å². The van der Waals surface area contributed by atoms with Crippen LogP contribution >= 0.6 is 0 Å². The second-order valence-corrected chi connectivity index (χ2v) is 5.56. The smallest absolute Gasteiger partial charge is 0.248 e. The molecule has 0 bridgehead atoms. The summed E-state index contributed by atoms with van der Waals surface area (Å²) in [5.74, 6) is 1.10. The van der Waals surface area contributed by atoms with Gasteiger partial charge in [-0.25, -0.2) is 0 Å². The highest BCUT2D eigenvalue weighted by molar-refractivity contribution is 5.92. The summed E-state index contributed by atoms with van der Waals surface area (Å²) in [6, 6.07) is 0. The van der Waals surface area contributed by atoms with Crippen LogP contribution in [0.2, 0.25) is 0 Å². The molecule has 0 saturated carbocycles. The number of hydrogen-bond acceptors (Lipinski definition) is 2. The van der Waals surface area contributed by atoms with E-state index in [4.69, 9.17) is 0 Å². The van der Waals surface area contributed by atoms with Crippen LogP contribution in [0.5, 0.6) is 0 Å². The van der Waals surface area contributed by atoms with Crippen molar-refractivity contribution in [2.45, 2.75) is 46.7 Å². The Morgan fingerprint density at radius 1 is 1.21 bits per heavy atom. The van der Waals surface area contributed by atoms with Crippen molar-refractivity contribution in [1.29, 1.82) is 0 Å². The predicted molar refractivity (Wildman–Crippen MR) is 81.2 cm³/mol. The zero-order valence-electron chi connectivity index (χ0n) is 13.5. The normalized spacial score (nSPS) is 15.1. The third kappa shape index (κ3) is 6.43. The summed E-state index contributed by atoms with van der Waals surface area (Å²) in [4.78, 5) is 11.9. The number of carbonyl (C=O) groups is 1. The molecule has 0 rings (SSSR count). The van der Waals surface area contributed by atoms with Crippen molar-refractivity contribution in [1.82, 2.24) is 10.6 Å². The molecule has 0 aliphatic carbocycles. The molecule has 4 heteroatoms. The molecule has 4 nitrogen and oxygen atoms in total. The third-order valence-corrected chi connectivity index (χ3v) is 2.95. The second-order valence-electron chi connectivity index (χ2n) is 5.56. The van der Waals surface area contributed by atoms with Crippen LogP contribution in [0.25, 0.3) is 0 Å². The topological polar surface area (TPSA) is 41.1 Å². The predicted octanol–water partition coefficient (Wildman–Crippen LogP) is 2.35. The molecule has 1 amide bonds. The fourth-order valence-electron chi connectivity index (χ4n) is 1.54. The summed E-state index contributed by atoms with van der Waals surface area (Å²) in [5.41, 5.74) is 0.742. The van der Waals surface area contributed by atoms with Gasteiger partial charge in [-0.3, -0.25) is 9.28 Å². The first kappa shape index (κ1) is 17.7. The van der Waals surface area contributed by atoms with Gasteiger partial charge in [0, 0.05) is 5.57 Å². The largest absolute Gasteiger partial charge is 0.332 e. The molecule has 0 aromatic heterocycles. The van der Waals surface area contributed by atoms with Crippen LogP contribution in [0.1, 0.15) is 40.5 Å². The Hall–Kier alpha value is -1.29. The van der Waals surface area contributed by atoms with E-state index in [1.165, 1.54) is 0 Å². The summed E-state index contributed by atoms with van der Waals surface area (Å²) in [6.45, 7) is 7.87. The van der Waals surface area contributed by atoms with E-state index < -0.39 is 0 Å². The van der Waals surface area contributed by atoms with Crippen LogP contribution in [0.3, 0.4) is 0 Å². The molecule has 0 radical (unpaired) electrons. The first-order valence-corrected chi connectivity index (χ1v) is 6.98. The molecule has 1 unspecified atom stereocenters. The number of quaternary nitrogens is 1. The molecular weight excluding hydrogens is 238 g/mol. The van der Waals surface area contributed by atoms with Crippen LogP contribution in [0.15, 0.2) is 23.5 Å². The Morgan fingerprint density at radius 2 is 1.79 bits per heavy atom. The fourth-order valence-corrected chi connectivity index (χ4v) is 1.54. The molecule has 0 aromatic carbocycles. The standard InChI is InChI=1S/C15H29N3O/c1-8-11-14(18(5,6)7)16-13(10-3)17-15(19)12(4)9-2/h9,11,13,16H,8,10H2,1-7H3/p+1/b12-9+,14-11+. The first-order valence-electron chi connectivity index (χ1n) is 6.98. The van der Waals surface area contributed by atoms with Crippen molar-refractivity contribution in [2.24, 2.45) is 0 Å². The van der Waals surface area contributed by atoms with Crippen molar-refractivity contribution in [3.05, 3.63) is 23.5 Å². The molecule has 0 aliphatic rings. The van der Waals surface area contributed by atoms with Crippen LogP contribution < -0.4 is 10.6 Å². The Balaban J connectivity index is 4.80. The Bertz CT molecular complexity index is 351. The minimum absolute atomic E-state index is 0.0147. The Labute approximate surface area is 118 Å². The number of rotatable bonds is 7. The summed E-state index contributed by atoms with van der Waals surface area (Å²) in [6.07, 6.45) is 5.75. The molecular formula is C15H30N3O+. The van der Waals surface area contributed by atoms with E-state index in [0.717, 1.165) is 24.2 Å². The summed E-state index contributed by atoms with van der Waals surface area (Å²) in [7, 11) is 6.33. The zero-order chi connectivity index (χ0) is 15.1. The lowest BCUT2D eigenvalue weighted by molar-refractivity contribution is -0.835. The minimum Gasteiger partial charge on any atom is -0.332 e.